The Balaban J connectivity index is 2.05. The second-order valence-corrected chi connectivity index (χ2v) is 7.96. The van der Waals surface area contributed by atoms with E-state index >= 15 is 0 Å². The lowest BCUT2D eigenvalue weighted by Gasteiger charge is -2.13. The molecule has 1 fully saturated rings. The Hall–Kier alpha value is -2.60. The van der Waals surface area contributed by atoms with Gasteiger partial charge >= 0.3 is 17.9 Å². The number of esters is 3. The largest absolute Gasteiger partial charge is 0.462 e. The summed E-state index contributed by atoms with van der Waals surface area (Å²) in [5.74, 6) is -2.20. The van der Waals surface area contributed by atoms with Crippen molar-refractivity contribution in [3.05, 3.63) is 16.0 Å². The summed E-state index contributed by atoms with van der Waals surface area (Å²) in [7, 11) is 0. The number of carbonyl (C=O) groups excluding carboxylic acids is 5. The number of hydrogen-bond acceptors (Lipinski definition) is 10. The van der Waals surface area contributed by atoms with Gasteiger partial charge in [-0.2, -0.15) is 0 Å². The van der Waals surface area contributed by atoms with E-state index in [1.54, 1.807) is 20.8 Å². The summed E-state index contributed by atoms with van der Waals surface area (Å²) in [6.07, 6.45) is 0. The number of ether oxygens (including phenoxy) is 3. The van der Waals surface area contributed by atoms with Crippen molar-refractivity contribution in [2.75, 3.05) is 43.3 Å². The molecule has 10 nitrogen and oxygen atoms in total. The molecule has 1 aliphatic heterocycles. The molecule has 164 valence electrons. The smallest absolute Gasteiger partial charge is 0.348 e. The van der Waals surface area contributed by atoms with E-state index in [9.17, 15) is 24.0 Å². The number of carbonyl (C=O) groups is 5. The lowest BCUT2D eigenvalue weighted by molar-refractivity contribution is -0.150. The van der Waals surface area contributed by atoms with Crippen molar-refractivity contribution in [1.29, 1.82) is 0 Å². The highest BCUT2D eigenvalue weighted by Gasteiger charge is 2.28. The van der Waals surface area contributed by atoms with E-state index in [0.717, 1.165) is 11.3 Å². The van der Waals surface area contributed by atoms with Crippen LogP contribution in [-0.2, 0) is 28.6 Å². The molecule has 0 spiro atoms. The molecule has 2 rings (SSSR count). The molecule has 30 heavy (non-hydrogen) atoms. The zero-order valence-corrected chi connectivity index (χ0v) is 18.4. The first-order valence-corrected chi connectivity index (χ1v) is 11.0. The Kier molecular flexibility index (Phi) is 8.66. The van der Waals surface area contributed by atoms with E-state index in [2.05, 4.69) is 5.32 Å². The Morgan fingerprint density at radius 3 is 2.33 bits per heavy atom. The van der Waals surface area contributed by atoms with Crippen molar-refractivity contribution in [3.8, 4) is 0 Å². The number of hydrogen-bond donors (Lipinski definition) is 1. The van der Waals surface area contributed by atoms with E-state index in [1.165, 1.54) is 16.7 Å². The normalized spacial score (nSPS) is 13.2. The maximum absolute atomic E-state index is 12.3. The molecule has 1 saturated heterocycles. The van der Waals surface area contributed by atoms with Gasteiger partial charge in [0.25, 0.3) is 5.91 Å². The Labute approximate surface area is 181 Å². The Bertz CT molecular complexity index is 851. The van der Waals surface area contributed by atoms with Gasteiger partial charge in [0.15, 0.2) is 6.61 Å². The Morgan fingerprint density at radius 2 is 1.73 bits per heavy atom. The van der Waals surface area contributed by atoms with Crippen molar-refractivity contribution in [2.45, 2.75) is 20.8 Å². The molecule has 1 aromatic rings. The van der Waals surface area contributed by atoms with Gasteiger partial charge in [-0.15, -0.1) is 23.1 Å². The summed E-state index contributed by atoms with van der Waals surface area (Å²) in [4.78, 5) is 61.5. The minimum atomic E-state index is -0.721. The van der Waals surface area contributed by atoms with E-state index in [-0.39, 0.29) is 41.1 Å². The van der Waals surface area contributed by atoms with E-state index in [0.29, 0.717) is 17.2 Å². The SMILES string of the molecule is CCOC(=O)c1sc(NC(=O)COC(=O)CN2CSCC2=O)c(C(=O)OCC)c1C. The van der Waals surface area contributed by atoms with Gasteiger partial charge in [0.2, 0.25) is 5.91 Å². The maximum atomic E-state index is 12.3. The van der Waals surface area contributed by atoms with Gasteiger partial charge in [0.1, 0.15) is 16.4 Å². The third-order valence-corrected chi connectivity index (χ3v) is 5.98. The number of nitrogens with one attached hydrogen (secondary N) is 1. The van der Waals surface area contributed by atoms with Crippen LogP contribution in [0.2, 0.25) is 0 Å². The molecule has 2 amide bonds. The molecule has 0 unspecified atom stereocenters. The molecule has 0 aromatic carbocycles. The maximum Gasteiger partial charge on any atom is 0.348 e. The molecule has 0 atom stereocenters. The molecule has 0 radical (unpaired) electrons. The summed E-state index contributed by atoms with van der Waals surface area (Å²) in [5, 5.41) is 2.57. The summed E-state index contributed by atoms with van der Waals surface area (Å²) >= 11 is 2.26. The van der Waals surface area contributed by atoms with Gasteiger partial charge < -0.3 is 24.4 Å². The zero-order chi connectivity index (χ0) is 22.3. The number of thiophene rings is 1. The molecule has 1 aliphatic rings. The lowest BCUT2D eigenvalue weighted by atomic mass is 10.1. The molecular weight excluding hydrogens is 436 g/mol. The summed E-state index contributed by atoms with van der Waals surface area (Å²) in [6.45, 7) is 4.25. The van der Waals surface area contributed by atoms with E-state index in [4.69, 9.17) is 14.2 Å². The first-order chi connectivity index (χ1) is 14.3. The third-order valence-electron chi connectivity index (χ3n) is 3.85. The topological polar surface area (TPSA) is 128 Å². The van der Waals surface area contributed by atoms with Crippen molar-refractivity contribution in [2.24, 2.45) is 0 Å². The fraction of sp³-hybridized carbons (Fsp3) is 0.500. The molecule has 0 saturated carbocycles. The summed E-state index contributed by atoms with van der Waals surface area (Å²) < 4.78 is 14.9. The molecule has 0 aliphatic carbocycles. The highest BCUT2D eigenvalue weighted by molar-refractivity contribution is 8.00. The standard InChI is InChI=1S/C18H22N2O8S2/c1-4-26-17(24)14-10(3)15(18(25)27-5-2)30-16(14)19-11(21)7-28-13(23)6-20-9-29-8-12(20)22/h4-9H2,1-3H3,(H,19,21). The number of rotatable bonds is 9. The van der Waals surface area contributed by atoms with Gasteiger partial charge in [0.05, 0.1) is 30.4 Å². The molecule has 1 aromatic heterocycles. The third kappa shape index (κ3) is 5.95. The number of amides is 2. The molecular formula is C18H22N2O8S2. The van der Waals surface area contributed by atoms with Crippen LogP contribution in [0.1, 0.15) is 39.4 Å². The second kappa shape index (κ2) is 11.0. The van der Waals surface area contributed by atoms with Gasteiger partial charge in [-0.3, -0.25) is 14.4 Å². The number of thioether (sulfide) groups is 1. The molecule has 12 heteroatoms. The van der Waals surface area contributed by atoms with Crippen LogP contribution in [0.15, 0.2) is 0 Å². The fourth-order valence-corrected chi connectivity index (χ4v) is 4.50. The zero-order valence-electron chi connectivity index (χ0n) is 16.8. The van der Waals surface area contributed by atoms with Crippen LogP contribution >= 0.6 is 23.1 Å². The average molecular weight is 459 g/mol. The monoisotopic (exact) mass is 458 g/mol. The highest BCUT2D eigenvalue weighted by atomic mass is 32.2. The average Bonchev–Trinajstić information content (AvgIpc) is 3.23. The van der Waals surface area contributed by atoms with E-state index < -0.39 is 30.4 Å². The first-order valence-electron chi connectivity index (χ1n) is 9.07. The Morgan fingerprint density at radius 1 is 1.07 bits per heavy atom. The first kappa shape index (κ1) is 23.7. The summed E-state index contributed by atoms with van der Waals surface area (Å²) in [6, 6.07) is 0. The van der Waals surface area contributed by atoms with Crippen LogP contribution in [0.25, 0.3) is 0 Å². The molecule has 0 bridgehead atoms. The van der Waals surface area contributed by atoms with Crippen LogP contribution in [-0.4, -0.2) is 72.6 Å². The highest BCUT2D eigenvalue weighted by Crippen LogP contribution is 2.34. The van der Waals surface area contributed by atoms with Crippen LogP contribution in [0.5, 0.6) is 0 Å². The predicted molar refractivity (Wildman–Crippen MR) is 110 cm³/mol. The number of nitrogens with zero attached hydrogens (tertiary/aromatic N) is 1. The van der Waals surface area contributed by atoms with Crippen molar-refractivity contribution in [1.82, 2.24) is 4.90 Å². The minimum absolute atomic E-state index is 0.0456. The quantitative estimate of drug-likeness (QED) is 0.431. The van der Waals surface area contributed by atoms with Crippen molar-refractivity contribution >= 4 is 57.8 Å². The van der Waals surface area contributed by atoms with Crippen LogP contribution in [0, 0.1) is 6.92 Å². The number of anilines is 1. The van der Waals surface area contributed by atoms with E-state index in [1.807, 2.05) is 0 Å². The van der Waals surface area contributed by atoms with Crippen molar-refractivity contribution in [3.63, 3.8) is 0 Å². The van der Waals surface area contributed by atoms with Crippen LogP contribution < -0.4 is 5.32 Å². The van der Waals surface area contributed by atoms with Gasteiger partial charge in [-0.25, -0.2) is 9.59 Å². The molecule has 1 N–H and O–H groups in total. The van der Waals surface area contributed by atoms with Crippen LogP contribution in [0.3, 0.4) is 0 Å². The predicted octanol–water partition coefficient (Wildman–Crippen LogP) is 1.42. The summed E-state index contributed by atoms with van der Waals surface area (Å²) in [5.41, 5.74) is 0.374. The van der Waals surface area contributed by atoms with Crippen molar-refractivity contribution < 1.29 is 38.2 Å². The minimum Gasteiger partial charge on any atom is -0.462 e. The second-order valence-electron chi connectivity index (χ2n) is 5.98. The fourth-order valence-electron chi connectivity index (χ4n) is 2.49. The van der Waals surface area contributed by atoms with Crippen LogP contribution in [0.4, 0.5) is 5.00 Å². The van der Waals surface area contributed by atoms with Gasteiger partial charge in [-0.05, 0) is 26.3 Å². The van der Waals surface area contributed by atoms with Gasteiger partial charge in [-0.1, -0.05) is 0 Å². The lowest BCUT2D eigenvalue weighted by Crippen LogP contribution is -2.33. The molecule has 2 heterocycles. The van der Waals surface area contributed by atoms with Gasteiger partial charge in [0, 0.05) is 0 Å².